The van der Waals surface area contributed by atoms with Gasteiger partial charge in [-0.15, -0.1) is 0 Å². The predicted octanol–water partition coefficient (Wildman–Crippen LogP) is 2.29. The van der Waals surface area contributed by atoms with Crippen LogP contribution in [0, 0.1) is 0 Å². The van der Waals surface area contributed by atoms with Crippen molar-refractivity contribution in [2.45, 2.75) is 32.6 Å². The summed E-state index contributed by atoms with van der Waals surface area (Å²) in [6, 6.07) is 7.95. The normalized spacial score (nSPS) is 11.9. The molecule has 1 atom stereocenters. The molecule has 0 spiro atoms. The molecule has 0 aliphatic carbocycles. The molecule has 1 aromatic rings. The van der Waals surface area contributed by atoms with Crippen LogP contribution in [0.3, 0.4) is 0 Å². The number of amides is 1. The van der Waals surface area contributed by atoms with E-state index >= 15 is 0 Å². The summed E-state index contributed by atoms with van der Waals surface area (Å²) in [7, 11) is 1.50. The highest BCUT2D eigenvalue weighted by molar-refractivity contribution is 5.82. The van der Waals surface area contributed by atoms with Gasteiger partial charge in [-0.1, -0.05) is 38.1 Å². The zero-order valence-corrected chi connectivity index (χ0v) is 11.7. The second-order valence-corrected chi connectivity index (χ2v) is 4.87. The molecule has 0 aliphatic heterocycles. The van der Waals surface area contributed by atoms with E-state index in [9.17, 15) is 9.59 Å². The van der Waals surface area contributed by atoms with Gasteiger partial charge >= 0.3 is 5.97 Å². The van der Waals surface area contributed by atoms with E-state index in [0.717, 1.165) is 12.0 Å². The van der Waals surface area contributed by atoms with Gasteiger partial charge in [-0.2, -0.15) is 0 Å². The van der Waals surface area contributed by atoms with Crippen molar-refractivity contribution in [3.8, 4) is 0 Å². The summed E-state index contributed by atoms with van der Waals surface area (Å²) in [4.78, 5) is 23.5. The van der Waals surface area contributed by atoms with Crippen LogP contribution in [-0.2, 0) is 16.0 Å². The van der Waals surface area contributed by atoms with E-state index in [1.54, 1.807) is 0 Å². The Morgan fingerprint density at radius 1 is 1.26 bits per heavy atom. The molecule has 0 heterocycles. The van der Waals surface area contributed by atoms with E-state index in [1.807, 2.05) is 24.3 Å². The van der Waals surface area contributed by atoms with Crippen LogP contribution < -0.4 is 0 Å². The Morgan fingerprint density at radius 3 is 2.32 bits per heavy atom. The molecule has 0 saturated heterocycles. The van der Waals surface area contributed by atoms with Crippen LogP contribution in [0.2, 0.25) is 0 Å². The van der Waals surface area contributed by atoms with Crippen LogP contribution >= 0.6 is 0 Å². The number of carbonyl (C=O) groups is 2. The number of aliphatic carboxylic acids is 1. The van der Waals surface area contributed by atoms with Crippen molar-refractivity contribution in [3.05, 3.63) is 35.4 Å². The maximum Gasteiger partial charge on any atom is 0.323 e. The summed E-state index contributed by atoms with van der Waals surface area (Å²) in [6.07, 6.45) is 1.32. The second kappa shape index (κ2) is 6.92. The van der Waals surface area contributed by atoms with E-state index in [2.05, 4.69) is 13.8 Å². The first-order valence-electron chi connectivity index (χ1n) is 6.48. The van der Waals surface area contributed by atoms with E-state index in [4.69, 9.17) is 5.11 Å². The Bertz CT molecular complexity index is 439. The summed E-state index contributed by atoms with van der Waals surface area (Å²) >= 11 is 0. The lowest BCUT2D eigenvalue weighted by atomic mass is 9.97. The molecule has 0 aliphatic rings. The van der Waals surface area contributed by atoms with Gasteiger partial charge in [-0.3, -0.25) is 9.59 Å². The Morgan fingerprint density at radius 2 is 1.84 bits per heavy atom. The lowest BCUT2D eigenvalue weighted by molar-refractivity contribution is -0.143. The fourth-order valence-corrected chi connectivity index (χ4v) is 1.80. The Labute approximate surface area is 114 Å². The van der Waals surface area contributed by atoms with Crippen molar-refractivity contribution in [2.75, 3.05) is 13.6 Å². The monoisotopic (exact) mass is 263 g/mol. The van der Waals surface area contributed by atoms with Gasteiger partial charge in [0.05, 0.1) is 6.42 Å². The Balaban J connectivity index is 2.62. The summed E-state index contributed by atoms with van der Waals surface area (Å²) in [5.74, 6) is -0.666. The summed E-state index contributed by atoms with van der Waals surface area (Å²) < 4.78 is 0. The minimum atomic E-state index is -0.997. The van der Waals surface area contributed by atoms with Crippen LogP contribution in [0.1, 0.15) is 37.3 Å². The highest BCUT2D eigenvalue weighted by Gasteiger charge is 2.12. The summed E-state index contributed by atoms with van der Waals surface area (Å²) in [5, 5.41) is 8.63. The highest BCUT2D eigenvalue weighted by Crippen LogP contribution is 2.19. The van der Waals surface area contributed by atoms with E-state index in [0.29, 0.717) is 5.92 Å². The SMILES string of the molecule is CCC(C)c1ccc(CC(=O)N(C)CC(=O)O)cc1. The van der Waals surface area contributed by atoms with Gasteiger partial charge < -0.3 is 10.0 Å². The average molecular weight is 263 g/mol. The van der Waals surface area contributed by atoms with E-state index in [1.165, 1.54) is 17.5 Å². The third-order valence-electron chi connectivity index (χ3n) is 3.31. The zero-order valence-electron chi connectivity index (χ0n) is 11.7. The van der Waals surface area contributed by atoms with E-state index < -0.39 is 5.97 Å². The number of carboxylic acids is 1. The summed E-state index contributed by atoms with van der Waals surface area (Å²) in [5.41, 5.74) is 2.17. The first-order chi connectivity index (χ1) is 8.93. The molecule has 19 heavy (non-hydrogen) atoms. The maximum absolute atomic E-state index is 11.8. The van der Waals surface area contributed by atoms with Crippen molar-refractivity contribution in [2.24, 2.45) is 0 Å². The Hall–Kier alpha value is -1.84. The number of carbonyl (C=O) groups excluding carboxylic acids is 1. The van der Waals surface area contributed by atoms with Gasteiger partial charge in [0.1, 0.15) is 6.54 Å². The van der Waals surface area contributed by atoms with Crippen LogP contribution in [0.4, 0.5) is 0 Å². The van der Waals surface area contributed by atoms with Crippen LogP contribution in [-0.4, -0.2) is 35.5 Å². The quantitative estimate of drug-likeness (QED) is 0.856. The van der Waals surface area contributed by atoms with Crippen LogP contribution in [0.25, 0.3) is 0 Å². The molecular formula is C15H21NO3. The fraction of sp³-hybridized carbons (Fsp3) is 0.467. The predicted molar refractivity (Wildman–Crippen MR) is 74.1 cm³/mol. The molecule has 1 rings (SSSR count). The number of benzene rings is 1. The molecule has 104 valence electrons. The molecule has 0 radical (unpaired) electrons. The number of rotatable bonds is 6. The van der Waals surface area contributed by atoms with Gasteiger partial charge in [0, 0.05) is 7.05 Å². The molecule has 0 bridgehead atoms. The van der Waals surface area contributed by atoms with Gasteiger partial charge in [-0.05, 0) is 23.5 Å². The maximum atomic E-state index is 11.8. The second-order valence-electron chi connectivity index (χ2n) is 4.87. The lowest BCUT2D eigenvalue weighted by Gasteiger charge is -2.15. The fourth-order valence-electron chi connectivity index (χ4n) is 1.80. The van der Waals surface area contributed by atoms with Crippen LogP contribution in [0.5, 0.6) is 0 Å². The van der Waals surface area contributed by atoms with Crippen molar-refractivity contribution >= 4 is 11.9 Å². The molecule has 0 fully saturated rings. The lowest BCUT2D eigenvalue weighted by Crippen LogP contribution is -2.33. The standard InChI is InChI=1S/C15H21NO3/c1-4-11(2)13-7-5-12(6-8-13)9-14(17)16(3)10-15(18)19/h5-8,11H,4,9-10H2,1-3H3,(H,18,19). The molecule has 0 aromatic heterocycles. The molecule has 4 heteroatoms. The number of nitrogens with zero attached hydrogens (tertiary/aromatic N) is 1. The van der Waals surface area contributed by atoms with Gasteiger partial charge in [0.15, 0.2) is 0 Å². The first-order valence-corrected chi connectivity index (χ1v) is 6.48. The van der Waals surface area contributed by atoms with Gasteiger partial charge in [0.2, 0.25) is 5.91 Å². The number of hydrogen-bond donors (Lipinski definition) is 1. The minimum absolute atomic E-state index is 0.182. The van der Waals surface area contributed by atoms with Gasteiger partial charge in [-0.25, -0.2) is 0 Å². The van der Waals surface area contributed by atoms with Crippen molar-refractivity contribution < 1.29 is 14.7 Å². The zero-order chi connectivity index (χ0) is 14.4. The largest absolute Gasteiger partial charge is 0.480 e. The molecule has 1 aromatic carbocycles. The third kappa shape index (κ3) is 4.73. The molecular weight excluding hydrogens is 242 g/mol. The number of hydrogen-bond acceptors (Lipinski definition) is 2. The molecule has 4 nitrogen and oxygen atoms in total. The Kier molecular flexibility index (Phi) is 5.55. The number of carboxylic acid groups (broad SMARTS) is 1. The van der Waals surface area contributed by atoms with Crippen LogP contribution in [0.15, 0.2) is 24.3 Å². The van der Waals surface area contributed by atoms with Crippen molar-refractivity contribution in [3.63, 3.8) is 0 Å². The van der Waals surface area contributed by atoms with Crippen molar-refractivity contribution in [1.29, 1.82) is 0 Å². The topological polar surface area (TPSA) is 57.6 Å². The average Bonchev–Trinajstić information content (AvgIpc) is 2.37. The summed E-state index contributed by atoms with van der Waals surface area (Å²) in [6.45, 7) is 4.05. The molecule has 0 saturated carbocycles. The highest BCUT2D eigenvalue weighted by atomic mass is 16.4. The van der Waals surface area contributed by atoms with Gasteiger partial charge in [0.25, 0.3) is 0 Å². The third-order valence-corrected chi connectivity index (χ3v) is 3.31. The number of likely N-dealkylation sites (N-methyl/N-ethyl adjacent to an activating group) is 1. The van der Waals surface area contributed by atoms with Crippen molar-refractivity contribution in [1.82, 2.24) is 4.90 Å². The smallest absolute Gasteiger partial charge is 0.323 e. The molecule has 1 N–H and O–H groups in total. The minimum Gasteiger partial charge on any atom is -0.480 e. The first kappa shape index (κ1) is 15.2. The molecule has 1 amide bonds. The van der Waals surface area contributed by atoms with E-state index in [-0.39, 0.29) is 18.9 Å². The molecule has 1 unspecified atom stereocenters.